The van der Waals surface area contributed by atoms with Crippen LogP contribution in [-0.2, 0) is 20.9 Å². The van der Waals surface area contributed by atoms with Crippen LogP contribution >= 0.6 is 11.3 Å². The average molecular weight is 671 g/mol. The third kappa shape index (κ3) is 7.52. The molecule has 0 amide bonds. The first kappa shape index (κ1) is 34.2. The Kier molecular flexibility index (Phi) is 10.8. The molecule has 0 saturated carbocycles. The van der Waals surface area contributed by atoms with E-state index in [1.54, 1.807) is 58.2 Å². The van der Waals surface area contributed by atoms with Crippen molar-refractivity contribution in [3.05, 3.63) is 120 Å². The van der Waals surface area contributed by atoms with Crippen molar-refractivity contribution in [2.24, 2.45) is 4.99 Å². The van der Waals surface area contributed by atoms with Gasteiger partial charge in [0.2, 0.25) is 0 Å². The van der Waals surface area contributed by atoms with Crippen LogP contribution < -0.4 is 29.1 Å². The topological polar surface area (TPSA) is 115 Å². The number of benzene rings is 3. The molecular weight excluding hydrogens is 632 g/mol. The van der Waals surface area contributed by atoms with Gasteiger partial charge in [0, 0.05) is 0 Å². The second-order valence-corrected chi connectivity index (χ2v) is 12.2. The fraction of sp³-hybridized carbons (Fsp3) is 0.297. The number of nitrogens with zero attached hydrogens (tertiary/aromatic N) is 2. The van der Waals surface area contributed by atoms with Crippen molar-refractivity contribution in [3.8, 4) is 17.2 Å². The second kappa shape index (κ2) is 15.2. The summed E-state index contributed by atoms with van der Waals surface area (Å²) in [6.45, 7) is 9.92. The zero-order chi connectivity index (χ0) is 34.4. The maximum Gasteiger partial charge on any atom is 0.338 e. The molecule has 1 aliphatic rings. The molecule has 0 radical (unpaired) electrons. The number of ether oxygens (including phenoxy) is 5. The summed E-state index contributed by atoms with van der Waals surface area (Å²) in [7, 11) is 1.55. The predicted molar refractivity (Wildman–Crippen MR) is 182 cm³/mol. The largest absolute Gasteiger partial charge is 0.493 e. The Morgan fingerprint density at radius 2 is 1.62 bits per heavy atom. The molecule has 250 valence electrons. The molecule has 11 heteroatoms. The summed E-state index contributed by atoms with van der Waals surface area (Å²) in [5, 5.41) is 0. The van der Waals surface area contributed by atoms with Crippen molar-refractivity contribution >= 4 is 29.4 Å². The van der Waals surface area contributed by atoms with Crippen LogP contribution in [0.3, 0.4) is 0 Å². The minimum atomic E-state index is -0.786. The standard InChI is InChI=1S/C37H38N2O8S/c1-7-44-35(41)26-13-9-25(10-14-26)21-46-28-16-11-24(12-17-28)19-31-34(40)39-33(27-15-18-29(47-22(3)4)30(20-27)43-6)32(36(42)45-8-2)23(5)38-37(39)48-31/h9-20,22,33H,7-8,21H2,1-6H3/b31-19+/t33-/m1/s1. The summed E-state index contributed by atoms with van der Waals surface area (Å²) in [6.07, 6.45) is 1.72. The van der Waals surface area contributed by atoms with Gasteiger partial charge in [-0.25, -0.2) is 14.6 Å². The Balaban J connectivity index is 1.44. The van der Waals surface area contributed by atoms with Gasteiger partial charge in [0.05, 0.1) is 53.8 Å². The first-order chi connectivity index (χ1) is 23.1. The highest BCUT2D eigenvalue weighted by Crippen LogP contribution is 2.36. The van der Waals surface area contributed by atoms with Gasteiger partial charge in [0.15, 0.2) is 16.3 Å². The average Bonchev–Trinajstić information content (AvgIpc) is 3.37. The van der Waals surface area contributed by atoms with Gasteiger partial charge in [0.25, 0.3) is 5.56 Å². The number of hydrogen-bond acceptors (Lipinski definition) is 10. The Morgan fingerprint density at radius 3 is 2.27 bits per heavy atom. The van der Waals surface area contributed by atoms with E-state index in [1.165, 1.54) is 15.9 Å². The highest BCUT2D eigenvalue weighted by Gasteiger charge is 2.34. The molecule has 0 aliphatic carbocycles. The molecule has 2 heterocycles. The molecular formula is C37H38N2O8S. The first-order valence-corrected chi connectivity index (χ1v) is 16.5. The van der Waals surface area contributed by atoms with Crippen molar-refractivity contribution in [1.82, 2.24) is 4.57 Å². The van der Waals surface area contributed by atoms with E-state index in [0.29, 0.717) is 56.6 Å². The number of carbonyl (C=O) groups excluding carboxylic acids is 2. The van der Waals surface area contributed by atoms with E-state index in [9.17, 15) is 14.4 Å². The van der Waals surface area contributed by atoms with E-state index in [1.807, 2.05) is 56.3 Å². The molecule has 0 unspecified atom stereocenters. The Morgan fingerprint density at radius 1 is 0.938 bits per heavy atom. The van der Waals surface area contributed by atoms with Gasteiger partial charge in [0.1, 0.15) is 12.4 Å². The lowest BCUT2D eigenvalue weighted by Crippen LogP contribution is -2.40. The van der Waals surface area contributed by atoms with E-state index in [2.05, 4.69) is 4.99 Å². The summed E-state index contributed by atoms with van der Waals surface area (Å²) in [6, 6.07) is 19.1. The molecule has 3 aromatic carbocycles. The van der Waals surface area contributed by atoms with Crippen molar-refractivity contribution in [2.75, 3.05) is 20.3 Å². The van der Waals surface area contributed by atoms with Crippen LogP contribution in [-0.4, -0.2) is 42.9 Å². The van der Waals surface area contributed by atoms with Gasteiger partial charge < -0.3 is 23.7 Å². The second-order valence-electron chi connectivity index (χ2n) is 11.2. The highest BCUT2D eigenvalue weighted by molar-refractivity contribution is 7.07. The van der Waals surface area contributed by atoms with Gasteiger partial charge >= 0.3 is 11.9 Å². The van der Waals surface area contributed by atoms with Crippen LogP contribution in [0.5, 0.6) is 17.2 Å². The molecule has 4 aromatic rings. The van der Waals surface area contributed by atoms with Crippen molar-refractivity contribution in [1.29, 1.82) is 0 Å². The Bertz CT molecular complexity index is 2010. The lowest BCUT2D eigenvalue weighted by molar-refractivity contribution is -0.139. The summed E-state index contributed by atoms with van der Waals surface area (Å²) in [4.78, 5) is 44.3. The van der Waals surface area contributed by atoms with Crippen molar-refractivity contribution in [2.45, 2.75) is 53.4 Å². The SMILES string of the molecule is CCOC(=O)C1=C(C)N=c2s/c(=C/c3ccc(OCc4ccc(C(=O)OCC)cc4)cc3)c(=O)n2[C@@H]1c1ccc(OC(C)C)c(OC)c1. The number of fused-ring (bicyclic) bond motifs is 1. The third-order valence-corrected chi connectivity index (χ3v) is 8.41. The lowest BCUT2D eigenvalue weighted by Gasteiger charge is -2.25. The van der Waals surface area contributed by atoms with Crippen molar-refractivity contribution in [3.63, 3.8) is 0 Å². The minimum Gasteiger partial charge on any atom is -0.493 e. The van der Waals surface area contributed by atoms with Gasteiger partial charge in [-0.3, -0.25) is 9.36 Å². The van der Waals surface area contributed by atoms with Crippen LogP contribution in [0.25, 0.3) is 6.08 Å². The summed E-state index contributed by atoms with van der Waals surface area (Å²) >= 11 is 1.25. The molecule has 1 aliphatic heterocycles. The van der Waals surface area contributed by atoms with E-state index in [-0.39, 0.29) is 29.8 Å². The van der Waals surface area contributed by atoms with E-state index in [0.717, 1.165) is 11.1 Å². The minimum absolute atomic E-state index is 0.0724. The zero-order valence-corrected chi connectivity index (χ0v) is 28.6. The van der Waals surface area contributed by atoms with E-state index in [4.69, 9.17) is 23.7 Å². The lowest BCUT2D eigenvalue weighted by atomic mass is 9.95. The molecule has 5 rings (SSSR count). The summed E-state index contributed by atoms with van der Waals surface area (Å²) in [5.74, 6) is 0.796. The fourth-order valence-electron chi connectivity index (χ4n) is 5.24. The Hall–Kier alpha value is -5.16. The number of methoxy groups -OCH3 is 1. The maximum absolute atomic E-state index is 14.0. The maximum atomic E-state index is 14.0. The van der Waals surface area contributed by atoms with Crippen LogP contribution in [0.1, 0.15) is 67.7 Å². The number of thiazole rings is 1. The molecule has 0 bridgehead atoms. The predicted octanol–water partition coefficient (Wildman–Crippen LogP) is 5.35. The summed E-state index contributed by atoms with van der Waals surface area (Å²) < 4.78 is 29.9. The monoisotopic (exact) mass is 670 g/mol. The van der Waals surface area contributed by atoms with Gasteiger partial charge in [-0.1, -0.05) is 41.7 Å². The number of allylic oxidation sites excluding steroid dienone is 1. The number of carbonyl (C=O) groups is 2. The molecule has 48 heavy (non-hydrogen) atoms. The molecule has 1 atom stereocenters. The number of rotatable bonds is 12. The van der Waals surface area contributed by atoms with Crippen molar-refractivity contribution < 1.29 is 33.3 Å². The molecule has 10 nitrogen and oxygen atoms in total. The molecule has 0 saturated heterocycles. The third-order valence-electron chi connectivity index (χ3n) is 7.43. The van der Waals surface area contributed by atoms with Gasteiger partial charge in [-0.15, -0.1) is 0 Å². The van der Waals surface area contributed by atoms with Crippen LogP contribution in [0, 0.1) is 0 Å². The molecule has 0 N–H and O–H groups in total. The number of hydrogen-bond donors (Lipinski definition) is 0. The molecule has 0 spiro atoms. The molecule has 0 fully saturated rings. The normalized spacial score (nSPS) is 14.3. The number of esters is 2. The smallest absolute Gasteiger partial charge is 0.338 e. The van der Waals surface area contributed by atoms with Crippen LogP contribution in [0.2, 0.25) is 0 Å². The van der Waals surface area contributed by atoms with Crippen LogP contribution in [0.15, 0.2) is 87.8 Å². The fourth-order valence-corrected chi connectivity index (χ4v) is 6.29. The highest BCUT2D eigenvalue weighted by atomic mass is 32.1. The number of aromatic nitrogens is 1. The molecule has 1 aromatic heterocycles. The van der Waals surface area contributed by atoms with Gasteiger partial charge in [-0.2, -0.15) is 0 Å². The van der Waals surface area contributed by atoms with Crippen LogP contribution in [0.4, 0.5) is 0 Å². The van der Waals surface area contributed by atoms with E-state index < -0.39 is 12.0 Å². The first-order valence-electron chi connectivity index (χ1n) is 15.7. The Labute approximate surface area is 282 Å². The van der Waals surface area contributed by atoms with Gasteiger partial charge in [-0.05, 0) is 93.8 Å². The quantitative estimate of drug-likeness (QED) is 0.186. The zero-order valence-electron chi connectivity index (χ0n) is 27.8. The summed E-state index contributed by atoms with van der Waals surface area (Å²) in [5.41, 5.74) is 3.32. The van der Waals surface area contributed by atoms with E-state index >= 15 is 0 Å².